The van der Waals surface area contributed by atoms with Gasteiger partial charge in [0.25, 0.3) is 0 Å². The summed E-state index contributed by atoms with van der Waals surface area (Å²) in [5, 5.41) is 11.9. The molecule has 74 valence electrons. The Morgan fingerprint density at radius 3 is 3.07 bits per heavy atom. The van der Waals surface area contributed by atoms with Crippen LogP contribution < -0.4 is 4.74 Å². The molecule has 0 saturated carbocycles. The molecule has 14 heavy (non-hydrogen) atoms. The average molecular weight is 212 g/mol. The van der Waals surface area contributed by atoms with E-state index in [1.165, 1.54) is 11.3 Å². The van der Waals surface area contributed by atoms with Crippen molar-refractivity contribution in [1.29, 1.82) is 0 Å². The second kappa shape index (κ2) is 3.46. The first-order chi connectivity index (χ1) is 6.74. The van der Waals surface area contributed by atoms with E-state index in [9.17, 15) is 9.50 Å². The SMILES string of the molecule is CCOc1c(F)cc(O)c2sccc12. The number of halogens is 1. The molecule has 0 aliphatic heterocycles. The van der Waals surface area contributed by atoms with E-state index >= 15 is 0 Å². The highest BCUT2D eigenvalue weighted by Gasteiger charge is 2.13. The van der Waals surface area contributed by atoms with E-state index in [-0.39, 0.29) is 11.5 Å². The summed E-state index contributed by atoms with van der Waals surface area (Å²) < 4.78 is 19.2. The monoisotopic (exact) mass is 212 g/mol. The van der Waals surface area contributed by atoms with Gasteiger partial charge in [-0.05, 0) is 18.4 Å². The van der Waals surface area contributed by atoms with Crippen molar-refractivity contribution in [3.63, 3.8) is 0 Å². The molecule has 0 atom stereocenters. The Balaban J connectivity index is 2.73. The Hall–Kier alpha value is -1.29. The zero-order chi connectivity index (χ0) is 10.1. The van der Waals surface area contributed by atoms with Crippen LogP contribution in [0.2, 0.25) is 0 Å². The molecule has 1 N–H and O–H groups in total. The van der Waals surface area contributed by atoms with Gasteiger partial charge in [0.2, 0.25) is 0 Å². The molecular weight excluding hydrogens is 203 g/mol. The molecule has 0 aliphatic carbocycles. The second-order valence-electron chi connectivity index (χ2n) is 2.80. The third kappa shape index (κ3) is 1.32. The summed E-state index contributed by atoms with van der Waals surface area (Å²) >= 11 is 1.37. The summed E-state index contributed by atoms with van der Waals surface area (Å²) in [5.41, 5.74) is 0. The lowest BCUT2D eigenvalue weighted by atomic mass is 10.2. The van der Waals surface area contributed by atoms with E-state index in [0.29, 0.717) is 16.7 Å². The van der Waals surface area contributed by atoms with Crippen molar-refractivity contribution in [3.8, 4) is 11.5 Å². The van der Waals surface area contributed by atoms with Crippen LogP contribution in [-0.4, -0.2) is 11.7 Å². The zero-order valence-corrected chi connectivity index (χ0v) is 8.40. The van der Waals surface area contributed by atoms with Gasteiger partial charge in [0, 0.05) is 11.5 Å². The smallest absolute Gasteiger partial charge is 0.169 e. The van der Waals surface area contributed by atoms with E-state index < -0.39 is 5.82 Å². The Kier molecular flexibility index (Phi) is 2.29. The van der Waals surface area contributed by atoms with E-state index in [2.05, 4.69) is 0 Å². The highest BCUT2D eigenvalue weighted by atomic mass is 32.1. The molecule has 0 radical (unpaired) electrons. The maximum absolute atomic E-state index is 13.4. The van der Waals surface area contributed by atoms with Crippen LogP contribution in [0.5, 0.6) is 11.5 Å². The summed E-state index contributed by atoms with van der Waals surface area (Å²) in [6.45, 7) is 2.21. The molecule has 2 nitrogen and oxygen atoms in total. The van der Waals surface area contributed by atoms with Crippen LogP contribution >= 0.6 is 11.3 Å². The van der Waals surface area contributed by atoms with Gasteiger partial charge >= 0.3 is 0 Å². The van der Waals surface area contributed by atoms with E-state index in [1.54, 1.807) is 18.4 Å². The van der Waals surface area contributed by atoms with Crippen molar-refractivity contribution in [3.05, 3.63) is 23.3 Å². The van der Waals surface area contributed by atoms with Crippen LogP contribution in [0.15, 0.2) is 17.5 Å². The van der Waals surface area contributed by atoms with Gasteiger partial charge < -0.3 is 9.84 Å². The second-order valence-corrected chi connectivity index (χ2v) is 3.72. The van der Waals surface area contributed by atoms with E-state index in [0.717, 1.165) is 6.07 Å². The standard InChI is InChI=1S/C10H9FO2S/c1-2-13-9-6-3-4-14-10(6)8(12)5-7(9)11/h3-5,12H,2H2,1H3. The summed E-state index contributed by atoms with van der Waals surface area (Å²) in [6.07, 6.45) is 0. The number of ether oxygens (including phenoxy) is 1. The molecule has 0 aliphatic rings. The Morgan fingerprint density at radius 2 is 2.36 bits per heavy atom. The zero-order valence-electron chi connectivity index (χ0n) is 7.58. The van der Waals surface area contributed by atoms with Crippen LogP contribution in [0.1, 0.15) is 6.92 Å². The Labute approximate surface area is 84.6 Å². The van der Waals surface area contributed by atoms with Gasteiger partial charge in [-0.1, -0.05) is 0 Å². The highest BCUT2D eigenvalue weighted by molar-refractivity contribution is 7.17. The topological polar surface area (TPSA) is 29.5 Å². The predicted octanol–water partition coefficient (Wildman–Crippen LogP) is 3.14. The fraction of sp³-hybridized carbons (Fsp3) is 0.200. The van der Waals surface area contributed by atoms with Gasteiger partial charge in [0.05, 0.1) is 11.3 Å². The number of phenols is 1. The number of rotatable bonds is 2. The summed E-state index contributed by atoms with van der Waals surface area (Å²) in [5.74, 6) is -0.326. The van der Waals surface area contributed by atoms with Crippen molar-refractivity contribution in [2.75, 3.05) is 6.61 Å². The van der Waals surface area contributed by atoms with Crippen molar-refractivity contribution < 1.29 is 14.2 Å². The van der Waals surface area contributed by atoms with Crippen molar-refractivity contribution in [2.45, 2.75) is 6.92 Å². The fourth-order valence-corrected chi connectivity index (χ4v) is 2.16. The van der Waals surface area contributed by atoms with Crippen LogP contribution in [0, 0.1) is 5.82 Å². The predicted molar refractivity (Wildman–Crippen MR) is 54.6 cm³/mol. The minimum Gasteiger partial charge on any atom is -0.506 e. The van der Waals surface area contributed by atoms with E-state index in [1.807, 2.05) is 0 Å². The third-order valence-corrected chi connectivity index (χ3v) is 2.85. The first-order valence-electron chi connectivity index (χ1n) is 4.25. The largest absolute Gasteiger partial charge is 0.506 e. The highest BCUT2D eigenvalue weighted by Crippen LogP contribution is 2.38. The molecule has 0 saturated heterocycles. The van der Waals surface area contributed by atoms with Crippen LogP contribution in [-0.2, 0) is 0 Å². The number of fused-ring (bicyclic) bond motifs is 1. The molecule has 4 heteroatoms. The Bertz CT molecular complexity index is 464. The van der Waals surface area contributed by atoms with Crippen molar-refractivity contribution in [2.24, 2.45) is 0 Å². The number of benzene rings is 1. The summed E-state index contributed by atoms with van der Waals surface area (Å²) in [4.78, 5) is 0. The fourth-order valence-electron chi connectivity index (χ4n) is 1.36. The lowest BCUT2D eigenvalue weighted by molar-refractivity contribution is 0.325. The molecule has 0 amide bonds. The average Bonchev–Trinajstić information content (AvgIpc) is 2.60. The van der Waals surface area contributed by atoms with Gasteiger partial charge in [0.15, 0.2) is 11.6 Å². The number of thiophene rings is 1. The molecule has 2 rings (SSSR count). The normalized spacial score (nSPS) is 10.7. The molecular formula is C10H9FO2S. The number of hydrogen-bond acceptors (Lipinski definition) is 3. The van der Waals surface area contributed by atoms with Gasteiger partial charge in [-0.15, -0.1) is 11.3 Å². The van der Waals surface area contributed by atoms with E-state index in [4.69, 9.17) is 4.74 Å². The maximum Gasteiger partial charge on any atom is 0.169 e. The molecule has 0 unspecified atom stereocenters. The van der Waals surface area contributed by atoms with Crippen LogP contribution in [0.25, 0.3) is 10.1 Å². The molecule has 1 aromatic carbocycles. The Morgan fingerprint density at radius 1 is 1.57 bits per heavy atom. The molecule has 0 bridgehead atoms. The van der Waals surface area contributed by atoms with Gasteiger partial charge in [-0.25, -0.2) is 4.39 Å². The molecule has 1 aromatic heterocycles. The molecule has 1 heterocycles. The summed E-state index contributed by atoms with van der Waals surface area (Å²) in [6, 6.07) is 2.83. The first-order valence-corrected chi connectivity index (χ1v) is 5.13. The molecule has 0 spiro atoms. The minimum absolute atomic E-state index is 0.0315. The third-order valence-electron chi connectivity index (χ3n) is 1.91. The number of hydrogen-bond donors (Lipinski definition) is 1. The van der Waals surface area contributed by atoms with Crippen LogP contribution in [0.4, 0.5) is 4.39 Å². The minimum atomic E-state index is -0.518. The lowest BCUT2D eigenvalue weighted by Gasteiger charge is -2.06. The van der Waals surface area contributed by atoms with Gasteiger partial charge in [-0.3, -0.25) is 0 Å². The molecule has 2 aromatic rings. The van der Waals surface area contributed by atoms with Crippen LogP contribution in [0.3, 0.4) is 0 Å². The lowest BCUT2D eigenvalue weighted by Crippen LogP contribution is -1.94. The first kappa shape index (κ1) is 9.27. The summed E-state index contributed by atoms with van der Waals surface area (Å²) in [7, 11) is 0. The van der Waals surface area contributed by atoms with Gasteiger partial charge in [-0.2, -0.15) is 0 Å². The molecule has 0 fully saturated rings. The number of phenolic OH excluding ortho intramolecular Hbond substituents is 1. The quantitative estimate of drug-likeness (QED) is 0.828. The van der Waals surface area contributed by atoms with Crippen molar-refractivity contribution >= 4 is 21.4 Å². The maximum atomic E-state index is 13.4. The number of aromatic hydroxyl groups is 1. The van der Waals surface area contributed by atoms with Gasteiger partial charge in [0.1, 0.15) is 5.75 Å². The van der Waals surface area contributed by atoms with Crippen molar-refractivity contribution in [1.82, 2.24) is 0 Å².